The van der Waals surface area contributed by atoms with E-state index < -0.39 is 0 Å². The molecule has 1 aromatic carbocycles. The topological polar surface area (TPSA) is 15.3 Å². The Kier molecular flexibility index (Phi) is 2.27. The van der Waals surface area contributed by atoms with Crippen molar-refractivity contribution in [3.8, 4) is 0 Å². The lowest BCUT2D eigenvalue weighted by Gasteiger charge is -2.24. The van der Waals surface area contributed by atoms with Gasteiger partial charge in [-0.3, -0.25) is 4.90 Å². The van der Waals surface area contributed by atoms with Crippen LogP contribution in [0.5, 0.6) is 0 Å². The molecule has 17 heavy (non-hydrogen) atoms. The number of nitrogens with zero attached hydrogens (tertiary/aromatic N) is 1. The third-order valence-electron chi connectivity index (χ3n) is 4.96. The van der Waals surface area contributed by atoms with Crippen LogP contribution in [0.3, 0.4) is 0 Å². The van der Waals surface area contributed by atoms with Crippen molar-refractivity contribution in [2.24, 2.45) is 11.8 Å². The van der Waals surface area contributed by atoms with E-state index in [1.54, 1.807) is 11.1 Å². The van der Waals surface area contributed by atoms with Gasteiger partial charge in [0.05, 0.1) is 0 Å². The zero-order valence-corrected chi connectivity index (χ0v) is 10.2. The summed E-state index contributed by atoms with van der Waals surface area (Å²) in [5.74, 6) is 1.86. The first-order valence-corrected chi connectivity index (χ1v) is 6.92. The molecule has 1 aliphatic carbocycles. The summed E-state index contributed by atoms with van der Waals surface area (Å²) >= 11 is 0. The van der Waals surface area contributed by atoms with Gasteiger partial charge in [0.2, 0.25) is 0 Å². The molecule has 2 fully saturated rings. The maximum Gasteiger partial charge on any atom is 0.0176 e. The van der Waals surface area contributed by atoms with Crippen LogP contribution in [0, 0.1) is 11.8 Å². The van der Waals surface area contributed by atoms with E-state index in [-0.39, 0.29) is 0 Å². The van der Waals surface area contributed by atoms with E-state index in [9.17, 15) is 0 Å². The van der Waals surface area contributed by atoms with Crippen molar-refractivity contribution in [3.63, 3.8) is 0 Å². The monoisotopic (exact) mass is 228 g/mol. The standard InChI is InChI=1S/C15H20N2/c1-2-4-12-6-15(5-11(12)3-1)17-9-13-7-16-8-14(13)10-17/h1-4,13-16H,5-10H2. The van der Waals surface area contributed by atoms with Gasteiger partial charge in [0.25, 0.3) is 0 Å². The molecule has 2 atom stereocenters. The van der Waals surface area contributed by atoms with Gasteiger partial charge in [-0.1, -0.05) is 24.3 Å². The molecule has 1 N–H and O–H groups in total. The van der Waals surface area contributed by atoms with Crippen molar-refractivity contribution < 1.29 is 0 Å². The molecule has 0 aromatic heterocycles. The fourth-order valence-electron chi connectivity index (χ4n) is 3.98. The minimum Gasteiger partial charge on any atom is -0.316 e. The molecule has 2 saturated heterocycles. The molecule has 2 nitrogen and oxygen atoms in total. The maximum atomic E-state index is 3.53. The van der Waals surface area contributed by atoms with Crippen molar-refractivity contribution in [1.82, 2.24) is 10.2 Å². The molecule has 2 heteroatoms. The molecule has 0 saturated carbocycles. The highest BCUT2D eigenvalue weighted by Crippen LogP contribution is 2.32. The SMILES string of the molecule is c1ccc2c(c1)CC(N1CC3CNCC3C1)C2. The second kappa shape index (κ2) is 3.82. The van der Waals surface area contributed by atoms with Crippen LogP contribution < -0.4 is 5.32 Å². The van der Waals surface area contributed by atoms with Gasteiger partial charge < -0.3 is 5.32 Å². The van der Waals surface area contributed by atoms with Gasteiger partial charge in [0.1, 0.15) is 0 Å². The Morgan fingerprint density at radius 3 is 2.12 bits per heavy atom. The van der Waals surface area contributed by atoms with Crippen LogP contribution in [0.2, 0.25) is 0 Å². The second-order valence-electron chi connectivity index (χ2n) is 5.96. The van der Waals surface area contributed by atoms with E-state index >= 15 is 0 Å². The lowest BCUT2D eigenvalue weighted by atomic mass is 10.0. The van der Waals surface area contributed by atoms with Crippen LogP contribution in [-0.2, 0) is 12.8 Å². The van der Waals surface area contributed by atoms with E-state index in [2.05, 4.69) is 34.5 Å². The Hall–Kier alpha value is -0.860. The van der Waals surface area contributed by atoms with Crippen molar-refractivity contribution in [1.29, 1.82) is 0 Å². The lowest BCUT2D eigenvalue weighted by Crippen LogP contribution is -2.36. The highest BCUT2D eigenvalue weighted by Gasteiger charge is 2.39. The highest BCUT2D eigenvalue weighted by atomic mass is 15.2. The summed E-state index contributed by atoms with van der Waals surface area (Å²) in [5.41, 5.74) is 3.18. The number of likely N-dealkylation sites (tertiary alicyclic amines) is 1. The summed E-state index contributed by atoms with van der Waals surface area (Å²) in [4.78, 5) is 2.76. The first kappa shape index (κ1) is 10.1. The van der Waals surface area contributed by atoms with E-state index in [4.69, 9.17) is 0 Å². The fraction of sp³-hybridized carbons (Fsp3) is 0.600. The molecule has 3 aliphatic rings. The largest absolute Gasteiger partial charge is 0.316 e. The van der Waals surface area contributed by atoms with E-state index in [1.807, 2.05) is 0 Å². The van der Waals surface area contributed by atoms with E-state index in [1.165, 1.54) is 39.0 Å². The van der Waals surface area contributed by atoms with E-state index in [0.717, 1.165) is 17.9 Å². The lowest BCUT2D eigenvalue weighted by molar-refractivity contribution is 0.232. The fourth-order valence-corrected chi connectivity index (χ4v) is 3.98. The molecular formula is C15H20N2. The predicted octanol–water partition coefficient (Wildman–Crippen LogP) is 1.30. The molecule has 0 bridgehead atoms. The molecule has 2 aliphatic heterocycles. The second-order valence-corrected chi connectivity index (χ2v) is 5.96. The van der Waals surface area contributed by atoms with Crippen LogP contribution in [0.25, 0.3) is 0 Å². The van der Waals surface area contributed by atoms with Crippen LogP contribution in [0.15, 0.2) is 24.3 Å². The molecule has 0 spiro atoms. The van der Waals surface area contributed by atoms with Gasteiger partial charge in [-0.2, -0.15) is 0 Å². The summed E-state index contributed by atoms with van der Waals surface area (Å²) in [6, 6.07) is 9.79. The maximum absolute atomic E-state index is 3.53. The van der Waals surface area contributed by atoms with Gasteiger partial charge in [-0.05, 0) is 48.9 Å². The number of fused-ring (bicyclic) bond motifs is 2. The Balaban J connectivity index is 1.49. The first-order valence-electron chi connectivity index (χ1n) is 6.92. The number of hydrogen-bond donors (Lipinski definition) is 1. The average molecular weight is 228 g/mol. The van der Waals surface area contributed by atoms with Crippen LogP contribution in [0.1, 0.15) is 11.1 Å². The number of hydrogen-bond acceptors (Lipinski definition) is 2. The Morgan fingerprint density at radius 2 is 1.53 bits per heavy atom. The van der Waals surface area contributed by atoms with Crippen molar-refractivity contribution >= 4 is 0 Å². The first-order chi connectivity index (χ1) is 8.40. The van der Waals surface area contributed by atoms with Gasteiger partial charge >= 0.3 is 0 Å². The Morgan fingerprint density at radius 1 is 0.941 bits per heavy atom. The summed E-state index contributed by atoms with van der Waals surface area (Å²) in [6.07, 6.45) is 2.56. The Bertz CT molecular complexity index is 392. The minimum atomic E-state index is 0.790. The van der Waals surface area contributed by atoms with E-state index in [0.29, 0.717) is 0 Å². The molecule has 90 valence electrons. The smallest absolute Gasteiger partial charge is 0.0176 e. The van der Waals surface area contributed by atoms with Crippen molar-refractivity contribution in [2.75, 3.05) is 26.2 Å². The molecule has 0 radical (unpaired) electrons. The summed E-state index contributed by atoms with van der Waals surface area (Å²) in [6.45, 7) is 5.16. The molecule has 2 unspecified atom stereocenters. The van der Waals surface area contributed by atoms with Gasteiger partial charge in [-0.25, -0.2) is 0 Å². The van der Waals surface area contributed by atoms with Gasteiger partial charge in [0, 0.05) is 19.1 Å². The quantitative estimate of drug-likeness (QED) is 0.779. The predicted molar refractivity (Wildman–Crippen MR) is 69.1 cm³/mol. The third kappa shape index (κ3) is 1.62. The van der Waals surface area contributed by atoms with Crippen LogP contribution >= 0.6 is 0 Å². The van der Waals surface area contributed by atoms with Crippen molar-refractivity contribution in [2.45, 2.75) is 18.9 Å². The van der Waals surface area contributed by atoms with Crippen LogP contribution in [-0.4, -0.2) is 37.1 Å². The summed E-state index contributed by atoms with van der Waals surface area (Å²) < 4.78 is 0. The average Bonchev–Trinajstić information content (AvgIpc) is 3.01. The molecule has 0 amide bonds. The normalized spacial score (nSPS) is 32.9. The highest BCUT2D eigenvalue weighted by molar-refractivity contribution is 5.33. The number of nitrogens with one attached hydrogen (secondary N) is 1. The third-order valence-corrected chi connectivity index (χ3v) is 4.96. The zero-order chi connectivity index (χ0) is 11.2. The number of rotatable bonds is 1. The van der Waals surface area contributed by atoms with Gasteiger partial charge in [0.15, 0.2) is 0 Å². The molecular weight excluding hydrogens is 208 g/mol. The molecule has 4 rings (SSSR count). The molecule has 2 heterocycles. The van der Waals surface area contributed by atoms with Crippen LogP contribution in [0.4, 0.5) is 0 Å². The summed E-state index contributed by atoms with van der Waals surface area (Å²) in [5, 5.41) is 3.53. The number of benzene rings is 1. The summed E-state index contributed by atoms with van der Waals surface area (Å²) in [7, 11) is 0. The van der Waals surface area contributed by atoms with Crippen molar-refractivity contribution in [3.05, 3.63) is 35.4 Å². The zero-order valence-electron chi connectivity index (χ0n) is 10.2. The molecule has 1 aromatic rings. The minimum absolute atomic E-state index is 0.790. The Labute approximate surface area is 103 Å². The van der Waals surface area contributed by atoms with Gasteiger partial charge in [-0.15, -0.1) is 0 Å².